The van der Waals surface area contributed by atoms with E-state index < -0.39 is 17.2 Å². The third-order valence-corrected chi connectivity index (χ3v) is 3.80. The number of alkyl carbamates (subject to hydrolysis) is 1. The first-order valence-corrected chi connectivity index (χ1v) is 8.26. The average Bonchev–Trinajstić information content (AvgIpc) is 2.35. The molecule has 0 unspecified atom stereocenters. The van der Waals surface area contributed by atoms with Crippen LogP contribution in [0, 0.1) is 5.92 Å². The van der Waals surface area contributed by atoms with E-state index in [9.17, 15) is 9.59 Å². The molecule has 2 amide bonds. The molecule has 128 valence electrons. The van der Waals surface area contributed by atoms with Crippen molar-refractivity contribution in [3.63, 3.8) is 0 Å². The Morgan fingerprint density at radius 2 is 1.64 bits per heavy atom. The topological polar surface area (TPSA) is 58.6 Å². The van der Waals surface area contributed by atoms with Gasteiger partial charge in [-0.2, -0.15) is 0 Å². The fourth-order valence-electron chi connectivity index (χ4n) is 2.95. The van der Waals surface area contributed by atoms with Gasteiger partial charge in [0.15, 0.2) is 0 Å². The standard InChI is InChI=1S/C17H32N2O3/c1-16(2,3)22-15(21)18-17(4,5)12-19(6)14(20)13-10-8-7-9-11-13/h13H,7-12H2,1-6H3,(H,18,21). The summed E-state index contributed by atoms with van der Waals surface area (Å²) in [5.41, 5.74) is -1.05. The molecule has 0 bridgehead atoms. The van der Waals surface area contributed by atoms with Crippen molar-refractivity contribution in [1.82, 2.24) is 10.2 Å². The second-order valence-electron chi connectivity index (χ2n) is 8.04. The number of likely N-dealkylation sites (N-methyl/N-ethyl adjacent to an activating group) is 1. The largest absolute Gasteiger partial charge is 0.444 e. The number of hydrogen-bond donors (Lipinski definition) is 1. The number of amides is 2. The van der Waals surface area contributed by atoms with Crippen molar-refractivity contribution in [1.29, 1.82) is 0 Å². The maximum atomic E-state index is 12.5. The molecule has 1 aliphatic rings. The molecule has 0 aliphatic heterocycles. The van der Waals surface area contributed by atoms with Gasteiger partial charge in [-0.05, 0) is 47.5 Å². The minimum Gasteiger partial charge on any atom is -0.444 e. The normalized spacial score (nSPS) is 17.0. The van der Waals surface area contributed by atoms with Crippen molar-refractivity contribution in [3.8, 4) is 0 Å². The second-order valence-corrected chi connectivity index (χ2v) is 8.04. The van der Waals surface area contributed by atoms with Crippen molar-refractivity contribution >= 4 is 12.0 Å². The Hall–Kier alpha value is -1.26. The van der Waals surface area contributed by atoms with Crippen LogP contribution in [-0.4, -0.2) is 41.6 Å². The monoisotopic (exact) mass is 312 g/mol. The van der Waals surface area contributed by atoms with Crippen LogP contribution in [0.25, 0.3) is 0 Å². The molecule has 22 heavy (non-hydrogen) atoms. The Morgan fingerprint density at radius 1 is 1.09 bits per heavy atom. The lowest BCUT2D eigenvalue weighted by Crippen LogP contribution is -2.53. The van der Waals surface area contributed by atoms with E-state index in [1.54, 1.807) is 4.90 Å². The molecule has 1 rings (SSSR count). The van der Waals surface area contributed by atoms with Crippen LogP contribution in [0.2, 0.25) is 0 Å². The Morgan fingerprint density at radius 3 is 2.14 bits per heavy atom. The fraction of sp³-hybridized carbons (Fsp3) is 0.882. The highest BCUT2D eigenvalue weighted by molar-refractivity contribution is 5.79. The number of ether oxygens (including phenoxy) is 1. The highest BCUT2D eigenvalue weighted by Crippen LogP contribution is 2.25. The van der Waals surface area contributed by atoms with Crippen LogP contribution in [0.1, 0.15) is 66.7 Å². The molecule has 5 heteroatoms. The first-order valence-electron chi connectivity index (χ1n) is 8.26. The number of carbonyl (C=O) groups excluding carboxylic acids is 2. The van der Waals surface area contributed by atoms with E-state index in [2.05, 4.69) is 5.32 Å². The van der Waals surface area contributed by atoms with E-state index in [-0.39, 0.29) is 11.8 Å². The number of hydrogen-bond acceptors (Lipinski definition) is 3. The molecule has 0 aromatic carbocycles. The van der Waals surface area contributed by atoms with E-state index in [0.29, 0.717) is 6.54 Å². The summed E-state index contributed by atoms with van der Waals surface area (Å²) in [7, 11) is 1.81. The van der Waals surface area contributed by atoms with Gasteiger partial charge >= 0.3 is 6.09 Å². The zero-order valence-corrected chi connectivity index (χ0v) is 15.0. The SMILES string of the molecule is CN(CC(C)(C)NC(=O)OC(C)(C)C)C(=O)C1CCCCC1. The van der Waals surface area contributed by atoms with E-state index in [0.717, 1.165) is 25.7 Å². The fourth-order valence-corrected chi connectivity index (χ4v) is 2.95. The molecule has 0 radical (unpaired) electrons. The van der Waals surface area contributed by atoms with Crippen molar-refractivity contribution in [2.45, 2.75) is 77.9 Å². The highest BCUT2D eigenvalue weighted by atomic mass is 16.6. The Balaban J connectivity index is 2.51. The quantitative estimate of drug-likeness (QED) is 0.866. The number of nitrogens with one attached hydrogen (secondary N) is 1. The predicted molar refractivity (Wildman–Crippen MR) is 87.7 cm³/mol. The van der Waals surface area contributed by atoms with Crippen LogP contribution in [0.5, 0.6) is 0 Å². The third kappa shape index (κ3) is 6.67. The van der Waals surface area contributed by atoms with Crippen molar-refractivity contribution < 1.29 is 14.3 Å². The number of carbonyl (C=O) groups is 2. The summed E-state index contributed by atoms with van der Waals surface area (Å²) in [6.45, 7) is 9.78. The van der Waals surface area contributed by atoms with Crippen LogP contribution in [0.15, 0.2) is 0 Å². The van der Waals surface area contributed by atoms with Crippen LogP contribution in [-0.2, 0) is 9.53 Å². The van der Waals surface area contributed by atoms with Crippen LogP contribution in [0.3, 0.4) is 0 Å². The molecule has 5 nitrogen and oxygen atoms in total. The molecule has 1 fully saturated rings. The molecule has 0 aromatic rings. The van der Waals surface area contributed by atoms with Gasteiger partial charge in [-0.1, -0.05) is 19.3 Å². The molecular formula is C17H32N2O3. The molecule has 0 aromatic heterocycles. The number of rotatable bonds is 4. The van der Waals surface area contributed by atoms with Crippen molar-refractivity contribution in [3.05, 3.63) is 0 Å². The van der Waals surface area contributed by atoms with Crippen molar-refractivity contribution in [2.75, 3.05) is 13.6 Å². The van der Waals surface area contributed by atoms with Crippen LogP contribution < -0.4 is 5.32 Å². The van der Waals surface area contributed by atoms with Gasteiger partial charge in [0, 0.05) is 19.5 Å². The van der Waals surface area contributed by atoms with Crippen molar-refractivity contribution in [2.24, 2.45) is 5.92 Å². The lowest BCUT2D eigenvalue weighted by Gasteiger charge is -2.34. The molecule has 0 atom stereocenters. The first-order chi connectivity index (χ1) is 10.0. The van der Waals surface area contributed by atoms with Gasteiger partial charge in [0.2, 0.25) is 5.91 Å². The maximum absolute atomic E-state index is 12.5. The van der Waals surface area contributed by atoms with Gasteiger partial charge in [0.1, 0.15) is 5.60 Å². The average molecular weight is 312 g/mol. The maximum Gasteiger partial charge on any atom is 0.408 e. The first kappa shape index (κ1) is 18.8. The molecule has 0 saturated heterocycles. The van der Waals surface area contributed by atoms with E-state index >= 15 is 0 Å². The Labute approximate surface area is 134 Å². The molecular weight excluding hydrogens is 280 g/mol. The summed E-state index contributed by atoms with van der Waals surface area (Å²) in [5, 5.41) is 2.85. The molecule has 1 N–H and O–H groups in total. The minimum atomic E-state index is -0.526. The lowest BCUT2D eigenvalue weighted by molar-refractivity contribution is -0.136. The molecule has 1 aliphatic carbocycles. The lowest BCUT2D eigenvalue weighted by atomic mass is 9.88. The van der Waals surface area contributed by atoms with Crippen LogP contribution >= 0.6 is 0 Å². The summed E-state index contributed by atoms with van der Waals surface area (Å²) in [6.07, 6.45) is 5.05. The summed E-state index contributed by atoms with van der Waals surface area (Å²) in [6, 6.07) is 0. The van der Waals surface area contributed by atoms with Gasteiger partial charge in [-0.3, -0.25) is 4.79 Å². The van der Waals surface area contributed by atoms with Gasteiger partial charge in [0.25, 0.3) is 0 Å². The Kier molecular flexibility index (Phi) is 6.27. The Bertz CT molecular complexity index is 393. The molecule has 0 spiro atoms. The molecule has 1 saturated carbocycles. The highest BCUT2D eigenvalue weighted by Gasteiger charge is 2.30. The van der Waals surface area contributed by atoms with Crippen LogP contribution in [0.4, 0.5) is 4.79 Å². The van der Waals surface area contributed by atoms with E-state index in [1.807, 2.05) is 41.7 Å². The summed E-state index contributed by atoms with van der Waals surface area (Å²) in [4.78, 5) is 26.1. The summed E-state index contributed by atoms with van der Waals surface area (Å²) >= 11 is 0. The van der Waals surface area contributed by atoms with Gasteiger partial charge < -0.3 is 15.0 Å². The van der Waals surface area contributed by atoms with E-state index in [1.165, 1.54) is 6.42 Å². The zero-order valence-electron chi connectivity index (χ0n) is 15.0. The van der Waals surface area contributed by atoms with Gasteiger partial charge in [-0.15, -0.1) is 0 Å². The molecule has 0 heterocycles. The smallest absolute Gasteiger partial charge is 0.408 e. The van der Waals surface area contributed by atoms with Gasteiger partial charge in [-0.25, -0.2) is 4.79 Å². The number of nitrogens with zero attached hydrogens (tertiary/aromatic N) is 1. The summed E-state index contributed by atoms with van der Waals surface area (Å²) in [5.74, 6) is 0.342. The zero-order chi connectivity index (χ0) is 17.0. The minimum absolute atomic E-state index is 0.149. The predicted octanol–water partition coefficient (Wildman–Crippen LogP) is 3.33. The third-order valence-electron chi connectivity index (χ3n) is 3.80. The van der Waals surface area contributed by atoms with E-state index in [4.69, 9.17) is 4.74 Å². The van der Waals surface area contributed by atoms with Gasteiger partial charge in [0.05, 0.1) is 5.54 Å². The second kappa shape index (κ2) is 7.34. The summed E-state index contributed by atoms with van der Waals surface area (Å²) < 4.78 is 5.28.